The third-order valence-electron chi connectivity index (χ3n) is 2.75. The van der Waals surface area contributed by atoms with E-state index < -0.39 is 0 Å². The van der Waals surface area contributed by atoms with Gasteiger partial charge in [0.2, 0.25) is 0 Å². The normalized spacial score (nSPS) is 12.6. The fourth-order valence-electron chi connectivity index (χ4n) is 1.68. The molecule has 0 bridgehead atoms. The lowest BCUT2D eigenvalue weighted by molar-refractivity contribution is 0.0580. The molecule has 18 heavy (non-hydrogen) atoms. The molecule has 1 atom stereocenters. The molecule has 0 aliphatic heterocycles. The maximum Gasteiger partial charge on any atom is 0.0962 e. The van der Waals surface area contributed by atoms with Crippen LogP contribution in [0.2, 0.25) is 0 Å². The molecule has 5 nitrogen and oxygen atoms in total. The summed E-state index contributed by atoms with van der Waals surface area (Å²) in [5.41, 5.74) is 7.45. The highest BCUT2D eigenvalue weighted by Gasteiger charge is 2.05. The molecular weight excluding hydrogens is 228 g/mol. The second-order valence-electron chi connectivity index (χ2n) is 4.10. The minimum atomic E-state index is 0.0868. The average Bonchev–Trinajstić information content (AvgIpc) is 2.87. The first kappa shape index (κ1) is 12.7. The van der Waals surface area contributed by atoms with E-state index in [1.54, 1.807) is 4.68 Å². The number of nitrogens with two attached hydrogens (primary N) is 1. The topological polar surface area (TPSA) is 66.0 Å². The summed E-state index contributed by atoms with van der Waals surface area (Å²) in [4.78, 5) is 0. The van der Waals surface area contributed by atoms with E-state index >= 15 is 0 Å². The maximum absolute atomic E-state index is 5.75. The van der Waals surface area contributed by atoms with Gasteiger partial charge in [0.25, 0.3) is 0 Å². The first-order valence-electron chi connectivity index (χ1n) is 6.05. The van der Waals surface area contributed by atoms with Crippen molar-refractivity contribution >= 4 is 0 Å². The van der Waals surface area contributed by atoms with E-state index in [0.717, 1.165) is 5.69 Å². The first-order valence-corrected chi connectivity index (χ1v) is 6.05. The van der Waals surface area contributed by atoms with Gasteiger partial charge in [-0.3, -0.25) is 0 Å². The largest absolute Gasteiger partial charge is 0.372 e. The predicted molar refractivity (Wildman–Crippen MR) is 68.7 cm³/mol. The maximum atomic E-state index is 5.75. The Morgan fingerprint density at radius 3 is 2.78 bits per heavy atom. The highest BCUT2D eigenvalue weighted by molar-refractivity contribution is 5.16. The van der Waals surface area contributed by atoms with Gasteiger partial charge in [0.15, 0.2) is 0 Å². The molecule has 0 saturated carbocycles. The molecule has 5 heteroatoms. The summed E-state index contributed by atoms with van der Waals surface area (Å²) in [5, 5.41) is 7.89. The van der Waals surface area contributed by atoms with E-state index in [9.17, 15) is 0 Å². The Morgan fingerprint density at radius 2 is 2.11 bits per heavy atom. The van der Waals surface area contributed by atoms with Crippen LogP contribution in [-0.2, 0) is 17.8 Å². The Kier molecular flexibility index (Phi) is 4.44. The number of ether oxygens (including phenoxy) is 1. The van der Waals surface area contributed by atoms with Crippen molar-refractivity contribution in [1.82, 2.24) is 15.0 Å². The second-order valence-corrected chi connectivity index (χ2v) is 4.10. The highest BCUT2D eigenvalue weighted by Crippen LogP contribution is 2.15. The number of benzene rings is 1. The summed E-state index contributed by atoms with van der Waals surface area (Å²) in [6.45, 7) is 3.75. The molecule has 1 heterocycles. The van der Waals surface area contributed by atoms with Crippen LogP contribution in [0.5, 0.6) is 0 Å². The molecule has 0 radical (unpaired) electrons. The van der Waals surface area contributed by atoms with Gasteiger partial charge in [0.1, 0.15) is 0 Å². The van der Waals surface area contributed by atoms with Crippen LogP contribution in [0.1, 0.15) is 24.3 Å². The minimum absolute atomic E-state index is 0.0868. The molecule has 1 unspecified atom stereocenters. The fourth-order valence-corrected chi connectivity index (χ4v) is 1.68. The highest BCUT2D eigenvalue weighted by atomic mass is 16.5. The SMILES string of the molecule is CC(OCCn1cc(CN)nn1)c1ccccc1. The number of aromatic nitrogens is 3. The zero-order valence-electron chi connectivity index (χ0n) is 10.5. The molecule has 1 aromatic carbocycles. The predicted octanol–water partition coefficient (Wildman–Crippen LogP) is 1.51. The Balaban J connectivity index is 1.78. The zero-order valence-corrected chi connectivity index (χ0v) is 10.5. The molecule has 0 aliphatic carbocycles. The lowest BCUT2D eigenvalue weighted by Gasteiger charge is -2.13. The summed E-state index contributed by atoms with van der Waals surface area (Å²) in [7, 11) is 0. The van der Waals surface area contributed by atoms with Gasteiger partial charge >= 0.3 is 0 Å². The molecular formula is C13H18N4O. The second kappa shape index (κ2) is 6.28. The van der Waals surface area contributed by atoms with E-state index in [1.807, 2.05) is 31.3 Å². The third-order valence-corrected chi connectivity index (χ3v) is 2.75. The van der Waals surface area contributed by atoms with Crippen molar-refractivity contribution in [3.05, 3.63) is 47.8 Å². The van der Waals surface area contributed by atoms with Crippen molar-refractivity contribution < 1.29 is 4.74 Å². The van der Waals surface area contributed by atoms with Gasteiger partial charge in [-0.1, -0.05) is 35.5 Å². The Bertz CT molecular complexity index is 469. The van der Waals surface area contributed by atoms with Crippen molar-refractivity contribution in [2.45, 2.75) is 26.1 Å². The van der Waals surface area contributed by atoms with E-state index in [-0.39, 0.29) is 6.10 Å². The summed E-state index contributed by atoms with van der Waals surface area (Å²) >= 11 is 0. The van der Waals surface area contributed by atoms with E-state index in [1.165, 1.54) is 5.56 Å². The van der Waals surface area contributed by atoms with E-state index in [2.05, 4.69) is 22.4 Å². The van der Waals surface area contributed by atoms with Gasteiger partial charge in [-0.15, -0.1) is 5.10 Å². The molecule has 0 fully saturated rings. The number of rotatable bonds is 6. The molecule has 2 N–H and O–H groups in total. The lowest BCUT2D eigenvalue weighted by atomic mass is 10.1. The van der Waals surface area contributed by atoms with E-state index in [4.69, 9.17) is 10.5 Å². The van der Waals surface area contributed by atoms with Crippen LogP contribution in [0.15, 0.2) is 36.5 Å². The number of hydrogen-bond acceptors (Lipinski definition) is 4. The smallest absolute Gasteiger partial charge is 0.0962 e. The number of hydrogen-bond donors (Lipinski definition) is 1. The zero-order chi connectivity index (χ0) is 12.8. The quantitative estimate of drug-likeness (QED) is 0.839. The third kappa shape index (κ3) is 3.38. The molecule has 2 aromatic rings. The number of nitrogens with zero attached hydrogens (tertiary/aromatic N) is 3. The van der Waals surface area contributed by atoms with Crippen LogP contribution in [0.3, 0.4) is 0 Å². The van der Waals surface area contributed by atoms with Gasteiger partial charge in [0.05, 0.1) is 24.9 Å². The van der Waals surface area contributed by atoms with Gasteiger partial charge in [-0.05, 0) is 12.5 Å². The standard InChI is InChI=1S/C13H18N4O/c1-11(12-5-3-2-4-6-12)18-8-7-17-10-13(9-14)15-16-17/h2-6,10-11H,7-9,14H2,1H3. The van der Waals surface area contributed by atoms with Crippen LogP contribution in [-0.4, -0.2) is 21.6 Å². The lowest BCUT2D eigenvalue weighted by Crippen LogP contribution is -2.09. The van der Waals surface area contributed by atoms with Crippen LogP contribution >= 0.6 is 0 Å². The molecule has 0 amide bonds. The molecule has 1 aromatic heterocycles. The van der Waals surface area contributed by atoms with Crippen LogP contribution < -0.4 is 5.73 Å². The molecule has 0 saturated heterocycles. The van der Waals surface area contributed by atoms with Gasteiger partial charge < -0.3 is 10.5 Å². The Morgan fingerprint density at radius 1 is 1.33 bits per heavy atom. The monoisotopic (exact) mass is 246 g/mol. The Labute approximate surface area is 107 Å². The van der Waals surface area contributed by atoms with Crippen molar-refractivity contribution in [2.75, 3.05) is 6.61 Å². The summed E-state index contributed by atoms with van der Waals surface area (Å²) in [6.07, 6.45) is 1.93. The summed E-state index contributed by atoms with van der Waals surface area (Å²) in [5.74, 6) is 0. The van der Waals surface area contributed by atoms with Crippen LogP contribution in [0.4, 0.5) is 0 Å². The van der Waals surface area contributed by atoms with E-state index in [0.29, 0.717) is 19.7 Å². The Hall–Kier alpha value is -1.72. The molecule has 96 valence electrons. The minimum Gasteiger partial charge on any atom is -0.372 e. The average molecular weight is 246 g/mol. The van der Waals surface area contributed by atoms with Crippen LogP contribution in [0, 0.1) is 0 Å². The van der Waals surface area contributed by atoms with Gasteiger partial charge in [-0.2, -0.15) is 0 Å². The van der Waals surface area contributed by atoms with Gasteiger partial charge in [0, 0.05) is 12.7 Å². The van der Waals surface area contributed by atoms with Crippen molar-refractivity contribution in [3.8, 4) is 0 Å². The first-order chi connectivity index (χ1) is 8.79. The summed E-state index contributed by atoms with van der Waals surface area (Å²) < 4.78 is 7.50. The van der Waals surface area contributed by atoms with Crippen LogP contribution in [0.25, 0.3) is 0 Å². The molecule has 0 aliphatic rings. The van der Waals surface area contributed by atoms with Crippen molar-refractivity contribution in [2.24, 2.45) is 5.73 Å². The molecule has 0 spiro atoms. The molecule has 2 rings (SSSR count). The van der Waals surface area contributed by atoms with Crippen molar-refractivity contribution in [3.63, 3.8) is 0 Å². The van der Waals surface area contributed by atoms with Crippen molar-refractivity contribution in [1.29, 1.82) is 0 Å². The fraction of sp³-hybridized carbons (Fsp3) is 0.385. The summed E-state index contributed by atoms with van der Waals surface area (Å²) in [6, 6.07) is 10.2. The van der Waals surface area contributed by atoms with Gasteiger partial charge in [-0.25, -0.2) is 4.68 Å².